The van der Waals surface area contributed by atoms with E-state index in [0.29, 0.717) is 0 Å². The van der Waals surface area contributed by atoms with Gasteiger partial charge in [-0.15, -0.1) is 0 Å². The van der Waals surface area contributed by atoms with Crippen molar-refractivity contribution in [3.63, 3.8) is 0 Å². The normalized spacial score (nSPS) is 29.3. The largest absolute Gasteiger partial charge is 0.496 e. The molecule has 1 saturated carbocycles. The summed E-state index contributed by atoms with van der Waals surface area (Å²) in [4.78, 5) is 2.67. The number of nitrogens with one attached hydrogen (secondary N) is 1. The minimum atomic E-state index is 0.181. The summed E-state index contributed by atoms with van der Waals surface area (Å²) in [5.74, 6) is 6.98. The number of hydrogen-bond acceptors (Lipinski definition) is 4. The molecule has 4 nitrogen and oxygen atoms in total. The lowest BCUT2D eigenvalue weighted by molar-refractivity contribution is 0.0634. The summed E-state index contributed by atoms with van der Waals surface area (Å²) < 4.78 is 5.79. The second kappa shape index (κ2) is 5.19. The van der Waals surface area contributed by atoms with Gasteiger partial charge in [0.2, 0.25) is 0 Å². The Bertz CT molecular complexity index is 317. The number of nitrogens with zero attached hydrogens (tertiary/aromatic N) is 1. The van der Waals surface area contributed by atoms with Crippen LogP contribution in [-0.4, -0.2) is 36.2 Å². The Hall–Kier alpha value is -0.580. The van der Waals surface area contributed by atoms with Crippen molar-refractivity contribution in [1.29, 1.82) is 0 Å². The Morgan fingerprint density at radius 2 is 1.94 bits per heavy atom. The van der Waals surface area contributed by atoms with Crippen LogP contribution in [-0.2, 0) is 4.74 Å². The van der Waals surface area contributed by atoms with Gasteiger partial charge in [0.25, 0.3) is 0 Å². The van der Waals surface area contributed by atoms with Crippen LogP contribution in [0.15, 0.2) is 11.8 Å². The molecule has 4 heteroatoms. The molecule has 2 fully saturated rings. The Labute approximate surface area is 110 Å². The highest BCUT2D eigenvalue weighted by atomic mass is 16.5. The van der Waals surface area contributed by atoms with Crippen molar-refractivity contribution >= 4 is 0 Å². The van der Waals surface area contributed by atoms with Crippen LogP contribution in [0.2, 0.25) is 0 Å². The highest BCUT2D eigenvalue weighted by Crippen LogP contribution is 2.42. The molecule has 0 bridgehead atoms. The summed E-state index contributed by atoms with van der Waals surface area (Å²) in [6, 6.07) is 0.181. The third-order valence-electron chi connectivity index (χ3n) is 4.93. The molecule has 0 aromatic carbocycles. The Morgan fingerprint density at radius 1 is 1.22 bits per heavy atom. The summed E-state index contributed by atoms with van der Waals surface area (Å²) >= 11 is 0. The van der Waals surface area contributed by atoms with Gasteiger partial charge < -0.3 is 4.74 Å². The molecule has 1 unspecified atom stereocenters. The van der Waals surface area contributed by atoms with Gasteiger partial charge in [-0.25, -0.2) is 5.43 Å². The predicted octanol–water partition coefficient (Wildman–Crippen LogP) is 1.53. The van der Waals surface area contributed by atoms with Crippen molar-refractivity contribution in [2.24, 2.45) is 5.84 Å². The van der Waals surface area contributed by atoms with E-state index in [1.54, 1.807) is 0 Å². The van der Waals surface area contributed by atoms with E-state index >= 15 is 0 Å². The number of hydrazine groups is 1. The quantitative estimate of drug-likeness (QED) is 0.588. The van der Waals surface area contributed by atoms with Gasteiger partial charge in [-0.05, 0) is 44.8 Å². The topological polar surface area (TPSA) is 50.5 Å². The minimum Gasteiger partial charge on any atom is -0.496 e. The minimum absolute atomic E-state index is 0.181. The summed E-state index contributed by atoms with van der Waals surface area (Å²) in [5, 5.41) is 0. The van der Waals surface area contributed by atoms with Crippen molar-refractivity contribution in [3.05, 3.63) is 11.8 Å². The van der Waals surface area contributed by atoms with Gasteiger partial charge in [0, 0.05) is 12.0 Å². The molecular weight excluding hydrogens is 226 g/mol. The van der Waals surface area contributed by atoms with Crippen LogP contribution in [0.4, 0.5) is 0 Å². The Morgan fingerprint density at radius 3 is 2.50 bits per heavy atom. The monoisotopic (exact) mass is 251 g/mol. The fourth-order valence-electron chi connectivity index (χ4n) is 4.08. The van der Waals surface area contributed by atoms with Gasteiger partial charge in [-0.3, -0.25) is 10.7 Å². The van der Waals surface area contributed by atoms with Gasteiger partial charge in [-0.2, -0.15) is 0 Å². The van der Waals surface area contributed by atoms with Crippen LogP contribution >= 0.6 is 0 Å². The van der Waals surface area contributed by atoms with Gasteiger partial charge in [0.15, 0.2) is 0 Å². The summed E-state index contributed by atoms with van der Waals surface area (Å²) in [5.41, 5.74) is 3.28. The molecular formula is C14H25N3O. The molecule has 3 N–H and O–H groups in total. The number of nitrogens with two attached hydrogens (primary N) is 1. The molecule has 0 spiro atoms. The molecule has 1 aliphatic carbocycles. The average molecular weight is 251 g/mol. The first-order valence-corrected chi connectivity index (χ1v) is 7.41. The molecule has 1 atom stereocenters. The maximum Gasteiger partial charge on any atom is 0.112 e. The van der Waals surface area contributed by atoms with Crippen LogP contribution in [0.5, 0.6) is 0 Å². The molecule has 1 saturated heterocycles. The van der Waals surface area contributed by atoms with Gasteiger partial charge >= 0.3 is 0 Å². The maximum absolute atomic E-state index is 5.89. The molecule has 2 heterocycles. The summed E-state index contributed by atoms with van der Waals surface area (Å²) in [7, 11) is 0. The zero-order valence-corrected chi connectivity index (χ0v) is 11.2. The lowest BCUT2D eigenvalue weighted by Crippen LogP contribution is -2.61. The molecule has 18 heavy (non-hydrogen) atoms. The maximum atomic E-state index is 5.89. The van der Waals surface area contributed by atoms with E-state index in [2.05, 4.69) is 16.4 Å². The first-order chi connectivity index (χ1) is 8.87. The van der Waals surface area contributed by atoms with Crippen LogP contribution < -0.4 is 11.3 Å². The van der Waals surface area contributed by atoms with E-state index in [0.717, 1.165) is 18.8 Å². The van der Waals surface area contributed by atoms with Crippen LogP contribution in [0.25, 0.3) is 0 Å². The zero-order valence-electron chi connectivity index (χ0n) is 11.2. The van der Waals surface area contributed by atoms with Crippen LogP contribution in [0.3, 0.4) is 0 Å². The van der Waals surface area contributed by atoms with E-state index < -0.39 is 0 Å². The highest BCUT2D eigenvalue weighted by molar-refractivity contribution is 5.18. The van der Waals surface area contributed by atoms with Gasteiger partial charge in [0.05, 0.1) is 12.6 Å². The average Bonchev–Trinajstić information content (AvgIpc) is 3.14. The van der Waals surface area contributed by atoms with Gasteiger partial charge in [0.1, 0.15) is 5.76 Å². The third kappa shape index (κ3) is 1.96. The third-order valence-corrected chi connectivity index (χ3v) is 4.93. The first kappa shape index (κ1) is 12.5. The standard InChI is InChI=1S/C14H25N3O/c15-16-13(12-6-5-11-18-12)14(7-1-2-8-14)17-9-3-4-10-17/h6,13,16H,1-5,7-11,15H2. The molecule has 3 rings (SSSR count). The van der Waals surface area contributed by atoms with E-state index in [-0.39, 0.29) is 11.6 Å². The molecule has 3 aliphatic rings. The van der Waals surface area contributed by atoms with Crippen molar-refractivity contribution in [3.8, 4) is 0 Å². The lowest BCUT2D eigenvalue weighted by Gasteiger charge is -2.44. The van der Waals surface area contributed by atoms with Gasteiger partial charge in [-0.1, -0.05) is 12.8 Å². The van der Waals surface area contributed by atoms with Crippen molar-refractivity contribution in [2.75, 3.05) is 19.7 Å². The fraction of sp³-hybridized carbons (Fsp3) is 0.857. The van der Waals surface area contributed by atoms with Crippen LogP contribution in [0.1, 0.15) is 44.9 Å². The van der Waals surface area contributed by atoms with Crippen molar-refractivity contribution < 1.29 is 4.74 Å². The second-order valence-electron chi connectivity index (χ2n) is 5.85. The SMILES string of the molecule is NNC(C1=CCCO1)C1(N2CCCC2)CCCC1. The summed E-state index contributed by atoms with van der Waals surface area (Å²) in [6.45, 7) is 3.28. The van der Waals surface area contributed by atoms with Crippen LogP contribution in [0, 0.1) is 0 Å². The number of likely N-dealkylation sites (tertiary alicyclic amines) is 1. The van der Waals surface area contributed by atoms with E-state index in [1.165, 1.54) is 51.6 Å². The Balaban J connectivity index is 1.86. The second-order valence-corrected chi connectivity index (χ2v) is 5.85. The van der Waals surface area contributed by atoms with E-state index in [4.69, 9.17) is 10.6 Å². The molecule has 0 aromatic heterocycles. The molecule has 0 amide bonds. The number of rotatable bonds is 4. The fourth-order valence-corrected chi connectivity index (χ4v) is 4.08. The van der Waals surface area contributed by atoms with E-state index in [1.807, 2.05) is 0 Å². The molecule has 0 radical (unpaired) electrons. The summed E-state index contributed by atoms with van der Waals surface area (Å²) in [6.07, 6.45) is 11.1. The lowest BCUT2D eigenvalue weighted by atomic mass is 9.85. The van der Waals surface area contributed by atoms with Crippen molar-refractivity contribution in [2.45, 2.75) is 56.5 Å². The number of hydrogen-bond donors (Lipinski definition) is 2. The van der Waals surface area contributed by atoms with Crippen molar-refractivity contribution in [1.82, 2.24) is 10.3 Å². The zero-order chi connectivity index (χ0) is 12.4. The molecule has 0 aromatic rings. The first-order valence-electron chi connectivity index (χ1n) is 7.41. The number of ether oxygens (including phenoxy) is 1. The predicted molar refractivity (Wildman–Crippen MR) is 71.8 cm³/mol. The molecule has 2 aliphatic heterocycles. The highest BCUT2D eigenvalue weighted by Gasteiger charge is 2.48. The Kier molecular flexibility index (Phi) is 3.59. The smallest absolute Gasteiger partial charge is 0.112 e. The molecule has 102 valence electrons. The van der Waals surface area contributed by atoms with E-state index in [9.17, 15) is 0 Å².